The van der Waals surface area contributed by atoms with Crippen LogP contribution in [0, 0.1) is 0 Å². The molecule has 6 rings (SSSR count). The summed E-state index contributed by atoms with van der Waals surface area (Å²) in [6.45, 7) is 4.18. The van der Waals surface area contributed by atoms with Gasteiger partial charge in [0.05, 0.1) is 15.4 Å². The van der Waals surface area contributed by atoms with E-state index in [0.29, 0.717) is 44.2 Å². The lowest BCUT2D eigenvalue weighted by atomic mass is 10.1. The van der Waals surface area contributed by atoms with Gasteiger partial charge in [-0.1, -0.05) is 29.3 Å². The summed E-state index contributed by atoms with van der Waals surface area (Å²) in [5.41, 5.74) is 3.55. The van der Waals surface area contributed by atoms with E-state index in [2.05, 4.69) is 43.8 Å². The van der Waals surface area contributed by atoms with Crippen LogP contribution in [-0.2, 0) is 0 Å². The van der Waals surface area contributed by atoms with E-state index in [4.69, 9.17) is 28.2 Å². The van der Waals surface area contributed by atoms with E-state index in [1.807, 2.05) is 18.3 Å². The Morgan fingerprint density at radius 1 is 0.972 bits per heavy atom. The van der Waals surface area contributed by atoms with Gasteiger partial charge in [0.25, 0.3) is 0 Å². The zero-order valence-electron chi connectivity index (χ0n) is 19.9. The van der Waals surface area contributed by atoms with Crippen LogP contribution in [0.25, 0.3) is 22.2 Å². The van der Waals surface area contributed by atoms with Gasteiger partial charge < -0.3 is 19.7 Å². The molecule has 9 heteroatoms. The first-order valence-corrected chi connectivity index (χ1v) is 12.9. The van der Waals surface area contributed by atoms with Crippen LogP contribution in [0.5, 0.6) is 0 Å². The number of piperazine rings is 1. The smallest absolute Gasteiger partial charge is 0.229 e. The molecule has 2 aromatic heterocycles. The molecule has 2 aromatic carbocycles. The average Bonchev–Trinajstić information content (AvgIpc) is 3.72. The molecular weight excluding hydrogens is 495 g/mol. The minimum atomic E-state index is -0.181. The highest BCUT2D eigenvalue weighted by Crippen LogP contribution is 2.39. The fourth-order valence-electron chi connectivity index (χ4n) is 4.71. The fourth-order valence-corrected chi connectivity index (χ4v) is 5.31. The van der Waals surface area contributed by atoms with E-state index in [1.165, 1.54) is 5.69 Å². The van der Waals surface area contributed by atoms with Gasteiger partial charge in [-0.15, -0.1) is 0 Å². The molecular formula is C27H26Cl2N6O. The Morgan fingerprint density at radius 3 is 2.33 bits per heavy atom. The van der Waals surface area contributed by atoms with Crippen molar-refractivity contribution in [2.24, 2.45) is 0 Å². The van der Waals surface area contributed by atoms with Gasteiger partial charge in [-0.2, -0.15) is 4.98 Å². The van der Waals surface area contributed by atoms with Crippen LogP contribution in [0.3, 0.4) is 0 Å². The van der Waals surface area contributed by atoms with Crippen molar-refractivity contribution in [1.29, 1.82) is 0 Å². The van der Waals surface area contributed by atoms with E-state index < -0.39 is 0 Å². The summed E-state index contributed by atoms with van der Waals surface area (Å²) in [5, 5.41) is 4.64. The van der Waals surface area contributed by atoms with Crippen molar-refractivity contribution < 1.29 is 0 Å². The van der Waals surface area contributed by atoms with Gasteiger partial charge in [0.15, 0.2) is 0 Å². The maximum absolute atomic E-state index is 13.5. The molecule has 1 saturated carbocycles. The highest BCUT2D eigenvalue weighted by Gasteiger charge is 2.27. The van der Waals surface area contributed by atoms with E-state index >= 15 is 0 Å². The quantitative estimate of drug-likeness (QED) is 0.369. The third-order valence-electron chi connectivity index (χ3n) is 6.93. The van der Waals surface area contributed by atoms with Gasteiger partial charge in [0.2, 0.25) is 11.4 Å². The van der Waals surface area contributed by atoms with Gasteiger partial charge in [-0.3, -0.25) is 4.79 Å². The number of rotatable bonds is 5. The largest absolute Gasteiger partial charge is 0.369 e. The van der Waals surface area contributed by atoms with Crippen LogP contribution in [0.4, 0.5) is 17.3 Å². The Balaban J connectivity index is 1.33. The summed E-state index contributed by atoms with van der Waals surface area (Å²) in [4.78, 5) is 27.4. The summed E-state index contributed by atoms with van der Waals surface area (Å²) >= 11 is 12.9. The zero-order chi connectivity index (χ0) is 24.8. The normalized spacial score (nSPS) is 16.5. The highest BCUT2D eigenvalue weighted by molar-refractivity contribution is 6.39. The maximum Gasteiger partial charge on any atom is 0.229 e. The molecule has 0 spiro atoms. The summed E-state index contributed by atoms with van der Waals surface area (Å²) in [7, 11) is 2.16. The number of likely N-dealkylation sites (N-methyl/N-ethyl adjacent to an activating group) is 1. The van der Waals surface area contributed by atoms with Crippen molar-refractivity contribution in [2.45, 2.75) is 18.9 Å². The summed E-state index contributed by atoms with van der Waals surface area (Å²) in [6, 6.07) is 13.9. The molecule has 7 nitrogen and oxygen atoms in total. The zero-order valence-corrected chi connectivity index (χ0v) is 21.4. The number of halogens is 2. The second-order valence-electron chi connectivity index (χ2n) is 9.50. The van der Waals surface area contributed by atoms with Crippen LogP contribution in [0.1, 0.15) is 18.9 Å². The Hall–Kier alpha value is -3.13. The number of anilines is 3. The number of nitrogens with zero attached hydrogens (tertiary/aromatic N) is 5. The summed E-state index contributed by atoms with van der Waals surface area (Å²) < 4.78 is 2.06. The standard InChI is InChI=1S/C27H26Cl2N6O/c1-33-11-13-34(14-12-33)18-7-5-17(6-8-18)31-27-30-15-20-25(36)21(24-22(28)3-2-4-23(24)29)16-35(19-9-10-19)26(20)32-27/h2-8,15-16,19H,9-14H2,1H3,(H,30,31,32). The first-order chi connectivity index (χ1) is 17.5. The number of benzene rings is 2. The molecule has 1 saturated heterocycles. The van der Waals surface area contributed by atoms with Crippen molar-refractivity contribution in [2.75, 3.05) is 43.4 Å². The van der Waals surface area contributed by atoms with Crippen LogP contribution < -0.4 is 15.6 Å². The lowest BCUT2D eigenvalue weighted by molar-refractivity contribution is 0.313. The highest BCUT2D eigenvalue weighted by atomic mass is 35.5. The van der Waals surface area contributed by atoms with Gasteiger partial charge in [0, 0.05) is 67.1 Å². The molecule has 0 amide bonds. The number of hydrogen-bond donors (Lipinski definition) is 1. The summed E-state index contributed by atoms with van der Waals surface area (Å²) in [5.74, 6) is 0.451. The van der Waals surface area contributed by atoms with Crippen molar-refractivity contribution in [1.82, 2.24) is 19.4 Å². The fraction of sp³-hybridized carbons (Fsp3) is 0.296. The number of hydrogen-bond acceptors (Lipinski definition) is 6. The molecule has 2 fully saturated rings. The lowest BCUT2D eigenvalue weighted by Crippen LogP contribution is -2.44. The molecule has 1 N–H and O–H groups in total. The van der Waals surface area contributed by atoms with Crippen molar-refractivity contribution >= 4 is 51.6 Å². The van der Waals surface area contributed by atoms with E-state index in [0.717, 1.165) is 44.7 Å². The molecule has 3 heterocycles. The Morgan fingerprint density at radius 2 is 1.67 bits per heavy atom. The third kappa shape index (κ3) is 4.43. The summed E-state index contributed by atoms with van der Waals surface area (Å²) in [6.07, 6.45) is 5.51. The van der Waals surface area contributed by atoms with E-state index in [-0.39, 0.29) is 5.43 Å². The number of fused-ring (bicyclic) bond motifs is 1. The van der Waals surface area contributed by atoms with Crippen LogP contribution in [0.2, 0.25) is 10.0 Å². The van der Waals surface area contributed by atoms with Gasteiger partial charge in [-0.05, 0) is 56.3 Å². The first kappa shape index (κ1) is 23.3. The lowest BCUT2D eigenvalue weighted by Gasteiger charge is -2.34. The molecule has 1 aliphatic carbocycles. The molecule has 2 aliphatic rings. The Bertz CT molecular complexity index is 1470. The minimum absolute atomic E-state index is 0.181. The second-order valence-corrected chi connectivity index (χ2v) is 10.3. The van der Waals surface area contributed by atoms with E-state index in [1.54, 1.807) is 24.4 Å². The molecule has 184 valence electrons. The number of aromatic nitrogens is 3. The third-order valence-corrected chi connectivity index (χ3v) is 7.56. The Labute approximate surface area is 219 Å². The molecule has 4 aromatic rings. The predicted molar refractivity (Wildman–Crippen MR) is 147 cm³/mol. The molecule has 0 bridgehead atoms. The second kappa shape index (κ2) is 9.39. The van der Waals surface area contributed by atoms with Gasteiger partial charge in [-0.25, -0.2) is 4.98 Å². The van der Waals surface area contributed by atoms with Gasteiger partial charge >= 0.3 is 0 Å². The Kier molecular flexibility index (Phi) is 6.07. The van der Waals surface area contributed by atoms with Gasteiger partial charge in [0.1, 0.15) is 5.65 Å². The number of pyridine rings is 1. The molecule has 0 radical (unpaired) electrons. The van der Waals surface area contributed by atoms with Crippen LogP contribution >= 0.6 is 23.2 Å². The molecule has 0 unspecified atom stereocenters. The van der Waals surface area contributed by atoms with Crippen molar-refractivity contribution in [3.05, 3.63) is 75.1 Å². The molecule has 0 atom stereocenters. The molecule has 36 heavy (non-hydrogen) atoms. The SMILES string of the molecule is CN1CCN(c2ccc(Nc3ncc4c(=O)c(-c5c(Cl)cccc5Cl)cn(C5CC5)c4n3)cc2)CC1. The molecule has 1 aliphatic heterocycles. The van der Waals surface area contributed by atoms with Crippen LogP contribution in [0.15, 0.2) is 59.7 Å². The van der Waals surface area contributed by atoms with Crippen LogP contribution in [-0.4, -0.2) is 52.7 Å². The van der Waals surface area contributed by atoms with E-state index in [9.17, 15) is 4.79 Å². The topological polar surface area (TPSA) is 66.3 Å². The minimum Gasteiger partial charge on any atom is -0.369 e. The first-order valence-electron chi connectivity index (χ1n) is 12.1. The monoisotopic (exact) mass is 520 g/mol. The average molecular weight is 521 g/mol. The number of nitrogens with one attached hydrogen (secondary N) is 1. The van der Waals surface area contributed by atoms with Crippen molar-refractivity contribution in [3.63, 3.8) is 0 Å². The maximum atomic E-state index is 13.5. The van der Waals surface area contributed by atoms with Crippen molar-refractivity contribution in [3.8, 4) is 11.1 Å². The predicted octanol–water partition coefficient (Wildman–Crippen LogP) is 5.60.